The molecule has 0 bridgehead atoms. The van der Waals surface area contributed by atoms with Crippen molar-refractivity contribution in [1.29, 1.82) is 5.26 Å². The van der Waals surface area contributed by atoms with Gasteiger partial charge < -0.3 is 20.1 Å². The number of pyridine rings is 1. The number of anilines is 1. The molecule has 1 unspecified atom stereocenters. The molecule has 9 heteroatoms. The summed E-state index contributed by atoms with van der Waals surface area (Å²) in [6.07, 6.45) is 13.9. The number of carboxylic acid groups (broad SMARTS) is 1. The Morgan fingerprint density at radius 1 is 1.18 bits per heavy atom. The highest BCUT2D eigenvalue weighted by Gasteiger charge is 2.45. The fourth-order valence-electron chi connectivity index (χ4n) is 4.25. The predicted octanol–water partition coefficient (Wildman–Crippen LogP) is 6.68. The molecular formula is C29H46F2N4O3. The maximum Gasteiger partial charge on any atom is 0.354 e. The SMILES string of the molecule is CCCCCCCCCCNC(C#N)CC(C)C.O=C(O)c1ccc(N2CC(F)(F)C2)c(OCC2CC2)n1. The van der Waals surface area contributed by atoms with Gasteiger partial charge in [0.15, 0.2) is 5.69 Å². The normalized spacial score (nSPS) is 16.7. The van der Waals surface area contributed by atoms with E-state index < -0.39 is 11.9 Å². The second-order valence-electron chi connectivity index (χ2n) is 11.0. The summed E-state index contributed by atoms with van der Waals surface area (Å²) < 4.78 is 31.4. The van der Waals surface area contributed by atoms with Gasteiger partial charge in [-0.3, -0.25) is 0 Å². The largest absolute Gasteiger partial charge is 0.477 e. The number of hydrogen-bond acceptors (Lipinski definition) is 6. The predicted molar refractivity (Wildman–Crippen MR) is 146 cm³/mol. The molecule has 1 aliphatic carbocycles. The van der Waals surface area contributed by atoms with Gasteiger partial charge in [0.2, 0.25) is 5.88 Å². The molecule has 2 aliphatic rings. The number of nitrogens with one attached hydrogen (secondary N) is 1. The summed E-state index contributed by atoms with van der Waals surface area (Å²) in [4.78, 5) is 16.3. The van der Waals surface area contributed by atoms with Crippen molar-refractivity contribution in [3.8, 4) is 11.9 Å². The van der Waals surface area contributed by atoms with Crippen molar-refractivity contribution in [2.24, 2.45) is 11.8 Å². The van der Waals surface area contributed by atoms with Gasteiger partial charge in [-0.2, -0.15) is 5.26 Å². The van der Waals surface area contributed by atoms with Crippen LogP contribution in [0.2, 0.25) is 0 Å². The van der Waals surface area contributed by atoms with Gasteiger partial charge in [0.05, 0.1) is 31.8 Å². The quantitative estimate of drug-likeness (QED) is 0.214. The lowest BCUT2D eigenvalue weighted by Gasteiger charge is -2.40. The number of unbranched alkanes of at least 4 members (excludes halogenated alkanes) is 7. The van der Waals surface area contributed by atoms with Crippen molar-refractivity contribution in [3.05, 3.63) is 17.8 Å². The summed E-state index contributed by atoms with van der Waals surface area (Å²) in [7, 11) is 0. The standard InChI is InChI=1S/C16H32N2.C13H14F2N2O3/c1-4-5-6-7-8-9-10-11-12-18-16(14-17)13-15(2)3;14-13(15)6-17(7-13)10-4-3-9(12(18)19)16-11(10)20-5-8-1-2-8/h15-16,18H,4-13H2,1-3H3;3-4,8H,1-2,5-7H2,(H,18,19). The van der Waals surface area contributed by atoms with Crippen LogP contribution in [-0.2, 0) is 0 Å². The first kappa shape index (κ1) is 31.7. The third kappa shape index (κ3) is 12.4. The Kier molecular flexibility index (Phi) is 13.8. The van der Waals surface area contributed by atoms with E-state index in [-0.39, 0.29) is 30.7 Å². The number of rotatable bonds is 17. The Bertz CT molecular complexity index is 879. The summed E-state index contributed by atoms with van der Waals surface area (Å²) in [6, 6.07) is 5.18. The molecule has 1 aromatic rings. The van der Waals surface area contributed by atoms with Crippen LogP contribution in [0.4, 0.5) is 14.5 Å². The minimum atomic E-state index is -2.70. The molecule has 2 fully saturated rings. The molecule has 2 N–H and O–H groups in total. The summed E-state index contributed by atoms with van der Waals surface area (Å²) in [5, 5.41) is 21.3. The number of carboxylic acids is 1. The Morgan fingerprint density at radius 3 is 2.34 bits per heavy atom. The van der Waals surface area contributed by atoms with Crippen LogP contribution >= 0.6 is 0 Å². The van der Waals surface area contributed by atoms with Crippen LogP contribution in [-0.4, -0.2) is 54.3 Å². The molecule has 0 aromatic carbocycles. The minimum Gasteiger partial charge on any atom is -0.477 e. The molecule has 1 saturated carbocycles. The molecular weight excluding hydrogens is 490 g/mol. The monoisotopic (exact) mass is 536 g/mol. The lowest BCUT2D eigenvalue weighted by molar-refractivity contribution is -0.0265. The first-order valence-electron chi connectivity index (χ1n) is 14.3. The van der Waals surface area contributed by atoms with Gasteiger partial charge in [-0.05, 0) is 56.2 Å². The fraction of sp³-hybridized carbons (Fsp3) is 0.759. The van der Waals surface area contributed by atoms with Gasteiger partial charge in [-0.25, -0.2) is 18.6 Å². The van der Waals surface area contributed by atoms with Gasteiger partial charge in [0.1, 0.15) is 5.69 Å². The number of alkyl halides is 2. The Labute approximate surface area is 227 Å². The molecule has 38 heavy (non-hydrogen) atoms. The number of carbonyl (C=O) groups is 1. The molecule has 214 valence electrons. The van der Waals surface area contributed by atoms with Gasteiger partial charge >= 0.3 is 5.97 Å². The van der Waals surface area contributed by atoms with Crippen LogP contribution in [0.3, 0.4) is 0 Å². The summed E-state index contributed by atoms with van der Waals surface area (Å²) in [5.41, 5.74) is 0.286. The molecule has 3 rings (SSSR count). The number of nitrogens with zero attached hydrogens (tertiary/aromatic N) is 3. The average molecular weight is 537 g/mol. The highest BCUT2D eigenvalue weighted by atomic mass is 19.3. The van der Waals surface area contributed by atoms with E-state index in [0.29, 0.717) is 24.1 Å². The second-order valence-corrected chi connectivity index (χ2v) is 11.0. The number of ether oxygens (including phenoxy) is 1. The number of halogens is 2. The molecule has 1 atom stereocenters. The summed E-state index contributed by atoms with van der Waals surface area (Å²) in [5.74, 6) is -2.66. The van der Waals surface area contributed by atoms with Gasteiger partial charge in [0.25, 0.3) is 5.92 Å². The lowest BCUT2D eigenvalue weighted by atomic mass is 10.0. The van der Waals surface area contributed by atoms with Crippen LogP contribution in [0.25, 0.3) is 0 Å². The van der Waals surface area contributed by atoms with Gasteiger partial charge in [-0.1, -0.05) is 65.7 Å². The Morgan fingerprint density at radius 2 is 1.82 bits per heavy atom. The summed E-state index contributed by atoms with van der Waals surface area (Å²) >= 11 is 0. The number of aromatic carboxylic acids is 1. The Balaban J connectivity index is 0.000000269. The van der Waals surface area contributed by atoms with Gasteiger partial charge in [0, 0.05) is 0 Å². The molecule has 1 aromatic heterocycles. The fourth-order valence-corrected chi connectivity index (χ4v) is 4.25. The van der Waals surface area contributed by atoms with Gasteiger partial charge in [-0.15, -0.1) is 0 Å². The van der Waals surface area contributed by atoms with E-state index in [2.05, 4.69) is 37.1 Å². The van der Waals surface area contributed by atoms with Crippen molar-refractivity contribution in [2.45, 2.75) is 103 Å². The molecule has 1 saturated heterocycles. The number of nitriles is 1. The van der Waals surface area contributed by atoms with Crippen LogP contribution in [0.5, 0.6) is 5.88 Å². The highest BCUT2D eigenvalue weighted by Crippen LogP contribution is 2.37. The Hall–Kier alpha value is -2.47. The zero-order valence-electron chi connectivity index (χ0n) is 23.4. The van der Waals surface area contributed by atoms with E-state index in [4.69, 9.17) is 15.1 Å². The topological polar surface area (TPSA) is 98.5 Å². The van der Waals surface area contributed by atoms with E-state index in [0.717, 1.165) is 25.8 Å². The first-order chi connectivity index (χ1) is 18.1. The van der Waals surface area contributed by atoms with Crippen LogP contribution in [0, 0.1) is 23.2 Å². The van der Waals surface area contributed by atoms with Crippen molar-refractivity contribution in [2.75, 3.05) is 31.1 Å². The number of hydrogen-bond donors (Lipinski definition) is 2. The molecule has 1 aliphatic heterocycles. The number of aromatic nitrogens is 1. The van der Waals surface area contributed by atoms with E-state index in [1.807, 2.05) is 0 Å². The zero-order chi connectivity index (χ0) is 28.0. The smallest absolute Gasteiger partial charge is 0.354 e. The van der Waals surface area contributed by atoms with E-state index in [1.165, 1.54) is 68.4 Å². The van der Waals surface area contributed by atoms with Crippen molar-refractivity contribution in [1.82, 2.24) is 10.3 Å². The van der Waals surface area contributed by atoms with Crippen LogP contribution in [0.15, 0.2) is 12.1 Å². The third-order valence-electron chi connectivity index (χ3n) is 6.68. The second kappa shape index (κ2) is 16.5. The van der Waals surface area contributed by atoms with Crippen molar-refractivity contribution < 1.29 is 23.4 Å². The van der Waals surface area contributed by atoms with Crippen LogP contribution < -0.4 is 15.0 Å². The third-order valence-corrected chi connectivity index (χ3v) is 6.68. The zero-order valence-corrected chi connectivity index (χ0v) is 23.4. The molecule has 0 radical (unpaired) electrons. The van der Waals surface area contributed by atoms with E-state index >= 15 is 0 Å². The average Bonchev–Trinajstić information content (AvgIpc) is 3.69. The van der Waals surface area contributed by atoms with E-state index in [9.17, 15) is 13.6 Å². The molecule has 2 heterocycles. The van der Waals surface area contributed by atoms with E-state index in [1.54, 1.807) is 0 Å². The van der Waals surface area contributed by atoms with Crippen molar-refractivity contribution >= 4 is 11.7 Å². The maximum absolute atomic E-state index is 12.9. The molecule has 0 amide bonds. The minimum absolute atomic E-state index is 0.0505. The maximum atomic E-state index is 12.9. The lowest BCUT2D eigenvalue weighted by Crippen LogP contribution is -2.56. The first-order valence-corrected chi connectivity index (χ1v) is 14.3. The van der Waals surface area contributed by atoms with Crippen molar-refractivity contribution in [3.63, 3.8) is 0 Å². The summed E-state index contributed by atoms with van der Waals surface area (Å²) in [6.45, 7) is 7.27. The molecule has 7 nitrogen and oxygen atoms in total. The highest BCUT2D eigenvalue weighted by molar-refractivity contribution is 5.86. The molecule has 0 spiro atoms. The van der Waals surface area contributed by atoms with Crippen LogP contribution in [0.1, 0.15) is 102 Å².